The minimum Gasteiger partial charge on any atom is -0.462 e. The number of piperidine rings is 1. The lowest BCUT2D eigenvalue weighted by atomic mass is 9.78. The van der Waals surface area contributed by atoms with Crippen molar-refractivity contribution in [2.24, 2.45) is 5.41 Å². The number of nitrogens with zero attached hydrogens (tertiary/aromatic N) is 8. The molecule has 3 aromatic heterocycles. The normalized spacial score (nSPS) is 18.2. The van der Waals surface area contributed by atoms with E-state index < -0.39 is 45.7 Å². The monoisotopic (exact) mass is 865 g/mol. The zero-order valence-corrected chi connectivity index (χ0v) is 35.4. The lowest BCUT2D eigenvalue weighted by molar-refractivity contribution is -0.137. The molecule has 1 fully saturated rings. The number of anilines is 2. The molecule has 1 saturated heterocycles. The molecule has 19 heteroatoms. The van der Waals surface area contributed by atoms with Gasteiger partial charge < -0.3 is 24.2 Å². The predicted molar refractivity (Wildman–Crippen MR) is 221 cm³/mol. The number of amides is 2. The molecule has 0 saturated carbocycles. The number of aryl methyl sites for hydroxylation is 1. The van der Waals surface area contributed by atoms with Crippen LogP contribution in [0, 0.1) is 22.6 Å². The van der Waals surface area contributed by atoms with Crippen molar-refractivity contribution < 1.29 is 41.0 Å². The molecule has 1 atom stereocenters. The molecule has 0 bridgehead atoms. The van der Waals surface area contributed by atoms with Gasteiger partial charge in [0.05, 0.1) is 29.7 Å². The summed E-state index contributed by atoms with van der Waals surface area (Å²) in [5.41, 5.74) is -3.65. The summed E-state index contributed by atoms with van der Waals surface area (Å²) >= 11 is 0.925. The fourth-order valence-corrected chi connectivity index (χ4v) is 8.91. The van der Waals surface area contributed by atoms with E-state index in [1.54, 1.807) is 56.6 Å². The molecule has 0 unspecified atom stereocenters. The van der Waals surface area contributed by atoms with Gasteiger partial charge >= 0.3 is 18.3 Å². The van der Waals surface area contributed by atoms with E-state index in [4.69, 9.17) is 9.47 Å². The second-order valence-corrected chi connectivity index (χ2v) is 17.8. The number of carbonyl (C=O) groups excluding carboxylic acids is 2. The number of nitrogens with one attached hydrogen (secondary N) is 1. The molecule has 61 heavy (non-hydrogen) atoms. The van der Waals surface area contributed by atoms with E-state index in [2.05, 4.69) is 20.4 Å². The van der Waals surface area contributed by atoms with Crippen molar-refractivity contribution in [1.82, 2.24) is 29.5 Å². The van der Waals surface area contributed by atoms with Crippen LogP contribution in [0.3, 0.4) is 0 Å². The summed E-state index contributed by atoms with van der Waals surface area (Å²) in [6, 6.07) is 8.30. The molecule has 322 valence electrons. The Morgan fingerprint density at radius 1 is 1.13 bits per heavy atom. The molecule has 13 nitrogen and oxygen atoms in total. The number of fused-ring (bicyclic) bond motifs is 3. The highest BCUT2D eigenvalue weighted by molar-refractivity contribution is 7.23. The van der Waals surface area contributed by atoms with Crippen LogP contribution in [-0.2, 0) is 24.0 Å². The highest BCUT2D eigenvalue weighted by atomic mass is 32.1. The smallest absolute Gasteiger partial charge is 0.417 e. The highest BCUT2D eigenvalue weighted by Crippen LogP contribution is 2.48. The predicted octanol–water partition coefficient (Wildman–Crippen LogP) is 8.77. The first-order chi connectivity index (χ1) is 28.7. The summed E-state index contributed by atoms with van der Waals surface area (Å²) in [4.78, 5) is 39.7. The van der Waals surface area contributed by atoms with Gasteiger partial charge in [0.1, 0.15) is 34.6 Å². The number of thiophene rings is 1. The third kappa shape index (κ3) is 8.55. The van der Waals surface area contributed by atoms with Gasteiger partial charge in [-0.1, -0.05) is 19.1 Å². The summed E-state index contributed by atoms with van der Waals surface area (Å²) in [6.07, 6.45) is -4.60. The lowest BCUT2D eigenvalue weighted by Crippen LogP contribution is -2.44. The maximum Gasteiger partial charge on any atom is 0.417 e. The number of alkyl halides is 3. The Morgan fingerprint density at radius 2 is 1.89 bits per heavy atom. The van der Waals surface area contributed by atoms with Crippen molar-refractivity contribution in [2.75, 3.05) is 57.6 Å². The molecule has 2 aliphatic heterocycles. The summed E-state index contributed by atoms with van der Waals surface area (Å²) in [5, 5.41) is 17.1. The molecule has 0 spiro atoms. The zero-order chi connectivity index (χ0) is 44.2. The SMILES string of the molecule is CN1CC/C(=C\F)[C@](C)(COc2nc(N3CCCn4nc(C(=O)N(C)C)cc4C3)c3cc(C(F)(F)F)c(-c4cccc5sc(NC(=O)OC(C)(C)C)c(C#N)c45)c(F)c3n2)C1. The second-order valence-electron chi connectivity index (χ2n) is 16.8. The van der Waals surface area contributed by atoms with E-state index in [-0.39, 0.29) is 70.0 Å². The topological polar surface area (TPSA) is 142 Å². The Morgan fingerprint density at radius 3 is 2.56 bits per heavy atom. The highest BCUT2D eigenvalue weighted by Gasteiger charge is 2.40. The number of likely N-dealkylation sites (tertiary alicyclic amines) is 1. The number of carbonyl (C=O) groups is 2. The Kier molecular flexibility index (Phi) is 11.5. The Bertz CT molecular complexity index is 2630. The molecule has 2 aromatic carbocycles. The van der Waals surface area contributed by atoms with Crippen molar-refractivity contribution in [3.05, 3.63) is 70.6 Å². The number of nitriles is 1. The van der Waals surface area contributed by atoms with Gasteiger partial charge in [-0.25, -0.2) is 13.6 Å². The van der Waals surface area contributed by atoms with Crippen LogP contribution in [0.25, 0.3) is 32.1 Å². The number of rotatable bonds is 7. The molecule has 0 radical (unpaired) electrons. The van der Waals surface area contributed by atoms with Crippen molar-refractivity contribution in [3.8, 4) is 23.2 Å². The number of ether oxygens (including phenoxy) is 2. The molecule has 2 amide bonds. The van der Waals surface area contributed by atoms with Gasteiger partial charge in [-0.05, 0) is 70.0 Å². The largest absolute Gasteiger partial charge is 0.462 e. The molecule has 0 aliphatic carbocycles. The van der Waals surface area contributed by atoms with Crippen molar-refractivity contribution >= 4 is 55.1 Å². The fraction of sp³-hybridized carbons (Fsp3) is 0.429. The molecule has 5 heterocycles. The molecule has 1 N–H and O–H groups in total. The fourth-order valence-electron chi connectivity index (χ4n) is 7.85. The quantitative estimate of drug-likeness (QED) is 0.158. The van der Waals surface area contributed by atoms with Gasteiger partial charge in [0.25, 0.3) is 5.91 Å². The van der Waals surface area contributed by atoms with Crippen molar-refractivity contribution in [2.45, 2.75) is 65.4 Å². The van der Waals surface area contributed by atoms with Crippen LogP contribution in [0.15, 0.2) is 42.2 Å². The number of aromatic nitrogens is 4. The number of halogens is 5. The van der Waals surface area contributed by atoms with Crippen LogP contribution in [-0.4, -0.2) is 94.5 Å². The average Bonchev–Trinajstić information content (AvgIpc) is 3.68. The molecule has 7 rings (SSSR count). The van der Waals surface area contributed by atoms with E-state index >= 15 is 17.6 Å². The Balaban J connectivity index is 1.43. The minimum absolute atomic E-state index is 0.00801. The molecular formula is C42H44F5N9O4S. The average molecular weight is 866 g/mol. The van der Waals surface area contributed by atoms with Crippen LogP contribution in [0.4, 0.5) is 37.6 Å². The molecule has 2 aliphatic rings. The summed E-state index contributed by atoms with van der Waals surface area (Å²) < 4.78 is 91.5. The van der Waals surface area contributed by atoms with Gasteiger partial charge in [0.2, 0.25) is 0 Å². The van der Waals surface area contributed by atoms with Crippen LogP contribution >= 0.6 is 11.3 Å². The maximum atomic E-state index is 17.6. The first kappa shape index (κ1) is 43.2. The molecule has 5 aromatic rings. The van der Waals surface area contributed by atoms with E-state index in [9.17, 15) is 19.2 Å². The summed E-state index contributed by atoms with van der Waals surface area (Å²) in [7, 11) is 5.07. The number of benzene rings is 2. The minimum atomic E-state index is -5.13. The zero-order valence-electron chi connectivity index (χ0n) is 34.6. The Hall–Kier alpha value is -5.87. The van der Waals surface area contributed by atoms with Crippen molar-refractivity contribution in [1.29, 1.82) is 5.26 Å². The van der Waals surface area contributed by atoms with Crippen LogP contribution in [0.2, 0.25) is 0 Å². The number of hydrogen-bond acceptors (Lipinski definition) is 11. The third-order valence-electron chi connectivity index (χ3n) is 10.7. The lowest BCUT2D eigenvalue weighted by Gasteiger charge is -2.40. The van der Waals surface area contributed by atoms with Crippen LogP contribution < -0.4 is 15.0 Å². The van der Waals surface area contributed by atoms with Gasteiger partial charge in [0, 0.05) is 66.7 Å². The third-order valence-corrected chi connectivity index (χ3v) is 11.7. The summed E-state index contributed by atoms with van der Waals surface area (Å²) in [6.45, 7) is 8.32. The van der Waals surface area contributed by atoms with Crippen molar-refractivity contribution in [3.63, 3.8) is 0 Å². The van der Waals surface area contributed by atoms with E-state index in [0.717, 1.165) is 17.4 Å². The Labute approximate surface area is 352 Å². The van der Waals surface area contributed by atoms with Gasteiger partial charge in [-0.3, -0.25) is 14.8 Å². The molecular weight excluding hydrogens is 822 g/mol. The van der Waals surface area contributed by atoms with Crippen LogP contribution in [0.5, 0.6) is 6.01 Å². The van der Waals surface area contributed by atoms with Gasteiger partial charge in [-0.15, -0.1) is 11.3 Å². The maximum absolute atomic E-state index is 17.6. The first-order valence-corrected chi connectivity index (χ1v) is 20.2. The standard InChI is InChI=1S/C42H44F5N9O4S/c1-40(2,3)60-39(58)51-36-27(19-48)31-25(10-8-11-30(31)61-36)32-28(42(45,46)47)17-26-34(33(32)44)49-38(59-22-41(4)21-54(7)15-12-23(41)18-43)50-35(26)55-13-9-14-56-24(20-55)16-29(52-56)37(57)53(5)6/h8,10-11,16-18H,9,12-15,20-22H2,1-7H3,(H,51,58)/b23-18+/t41-/m0/s1. The second kappa shape index (κ2) is 16.2. The number of hydrogen-bond donors (Lipinski definition) is 1. The summed E-state index contributed by atoms with van der Waals surface area (Å²) in [5.74, 6) is -1.75. The first-order valence-electron chi connectivity index (χ1n) is 19.4. The van der Waals surface area contributed by atoms with E-state index in [0.29, 0.717) is 54.8 Å². The van der Waals surface area contributed by atoms with E-state index in [1.807, 2.05) is 24.9 Å². The van der Waals surface area contributed by atoms with Crippen LogP contribution in [0.1, 0.15) is 67.8 Å². The van der Waals surface area contributed by atoms with Gasteiger partial charge in [-0.2, -0.15) is 33.5 Å². The van der Waals surface area contributed by atoms with E-state index in [1.165, 1.54) is 17.0 Å². The van der Waals surface area contributed by atoms with Gasteiger partial charge in [0.15, 0.2) is 11.5 Å².